The zero-order valence-electron chi connectivity index (χ0n) is 14.3. The number of carboxylic acids is 1. The minimum atomic E-state index is -3.56. The van der Waals surface area contributed by atoms with Gasteiger partial charge in [0, 0.05) is 18.2 Å². The van der Waals surface area contributed by atoms with Crippen molar-refractivity contribution in [1.29, 1.82) is 0 Å². The molecule has 0 aromatic heterocycles. The first kappa shape index (κ1) is 17.5. The lowest BCUT2D eigenvalue weighted by Crippen LogP contribution is -2.43. The van der Waals surface area contributed by atoms with Gasteiger partial charge >= 0.3 is 5.97 Å². The molecule has 0 radical (unpaired) electrons. The second-order valence-corrected chi connectivity index (χ2v) is 9.23. The summed E-state index contributed by atoms with van der Waals surface area (Å²) < 4.78 is 27.0. The molecule has 1 amide bonds. The van der Waals surface area contributed by atoms with Crippen molar-refractivity contribution in [2.24, 2.45) is 11.8 Å². The molecule has 1 aromatic rings. The Labute approximate surface area is 152 Å². The number of hydrogen-bond donors (Lipinski definition) is 2. The minimum absolute atomic E-state index is 0.0154. The highest BCUT2D eigenvalue weighted by Crippen LogP contribution is 2.42. The molecule has 26 heavy (non-hydrogen) atoms. The number of rotatable bonds is 5. The van der Waals surface area contributed by atoms with Crippen molar-refractivity contribution in [2.75, 3.05) is 6.54 Å². The molecule has 8 heteroatoms. The molecule has 2 aliphatic carbocycles. The van der Waals surface area contributed by atoms with Gasteiger partial charge in [-0.05, 0) is 61.8 Å². The Balaban J connectivity index is 1.53. The number of nitrogens with zero attached hydrogens (tertiary/aromatic N) is 1. The Kier molecular flexibility index (Phi) is 4.27. The van der Waals surface area contributed by atoms with Crippen LogP contribution in [-0.4, -0.2) is 48.9 Å². The minimum Gasteiger partial charge on any atom is -0.480 e. The first-order valence-electron chi connectivity index (χ1n) is 9.03. The summed E-state index contributed by atoms with van der Waals surface area (Å²) >= 11 is 0. The van der Waals surface area contributed by atoms with E-state index in [0.717, 1.165) is 32.1 Å². The van der Waals surface area contributed by atoms with Crippen LogP contribution in [0.3, 0.4) is 0 Å². The number of sulfonamides is 1. The zero-order chi connectivity index (χ0) is 18.5. The molecule has 1 heterocycles. The van der Waals surface area contributed by atoms with Gasteiger partial charge in [0.05, 0.1) is 4.90 Å². The predicted molar refractivity (Wildman–Crippen MR) is 93.1 cm³/mol. The number of aliphatic carboxylic acids is 1. The van der Waals surface area contributed by atoms with Gasteiger partial charge in [0.1, 0.15) is 6.04 Å². The van der Waals surface area contributed by atoms with Crippen molar-refractivity contribution in [3.63, 3.8) is 0 Å². The molecule has 3 unspecified atom stereocenters. The van der Waals surface area contributed by atoms with Crippen LogP contribution in [0.1, 0.15) is 42.5 Å². The molecule has 3 fully saturated rings. The maximum atomic E-state index is 12.8. The van der Waals surface area contributed by atoms with E-state index in [1.807, 2.05) is 0 Å². The standard InChI is InChI=1S/C18H22N2O5S/c21-17(20-10-12-2-1-3-15(12)16(20)18(22)23)11-4-8-14(9-5-11)26(24,25)19-13-6-7-13/h4-5,8-9,12-13,15-16,19H,1-3,6-7,10H2,(H,22,23). The van der Waals surface area contributed by atoms with Gasteiger partial charge in [-0.2, -0.15) is 0 Å². The SMILES string of the molecule is O=C(O)C1C2CCCC2CN1C(=O)c1ccc(S(=O)(=O)NC2CC2)cc1. The van der Waals surface area contributed by atoms with Crippen molar-refractivity contribution in [3.8, 4) is 0 Å². The van der Waals surface area contributed by atoms with Gasteiger partial charge in [0.15, 0.2) is 0 Å². The fourth-order valence-corrected chi connectivity index (χ4v) is 5.57. The number of fused-ring (bicyclic) bond motifs is 1. The van der Waals surface area contributed by atoms with E-state index in [1.54, 1.807) is 0 Å². The zero-order valence-corrected chi connectivity index (χ0v) is 15.1. The number of benzene rings is 1. The van der Waals surface area contributed by atoms with Crippen molar-refractivity contribution in [1.82, 2.24) is 9.62 Å². The Bertz CT molecular complexity index is 832. The van der Waals surface area contributed by atoms with Crippen LogP contribution in [-0.2, 0) is 14.8 Å². The number of nitrogens with one attached hydrogen (secondary N) is 1. The molecule has 3 aliphatic rings. The van der Waals surface area contributed by atoms with E-state index in [2.05, 4.69) is 4.72 Å². The van der Waals surface area contributed by atoms with Gasteiger partial charge in [-0.15, -0.1) is 0 Å². The predicted octanol–water partition coefficient (Wildman–Crippen LogP) is 1.45. The maximum absolute atomic E-state index is 12.8. The summed E-state index contributed by atoms with van der Waals surface area (Å²) in [4.78, 5) is 26.1. The van der Waals surface area contributed by atoms with Gasteiger partial charge in [0.25, 0.3) is 5.91 Å². The van der Waals surface area contributed by atoms with Crippen LogP contribution in [0, 0.1) is 11.8 Å². The summed E-state index contributed by atoms with van der Waals surface area (Å²) in [5, 5.41) is 9.59. The van der Waals surface area contributed by atoms with Gasteiger partial charge in [0.2, 0.25) is 10.0 Å². The van der Waals surface area contributed by atoms with Crippen LogP contribution in [0.15, 0.2) is 29.2 Å². The van der Waals surface area contributed by atoms with E-state index in [9.17, 15) is 23.1 Å². The van der Waals surface area contributed by atoms with E-state index in [1.165, 1.54) is 29.2 Å². The third-order valence-electron chi connectivity index (χ3n) is 5.72. The summed E-state index contributed by atoms with van der Waals surface area (Å²) in [5.74, 6) is -1.02. The van der Waals surface area contributed by atoms with Crippen molar-refractivity contribution in [3.05, 3.63) is 29.8 Å². The molecule has 1 saturated heterocycles. The third kappa shape index (κ3) is 3.12. The summed E-state index contributed by atoms with van der Waals surface area (Å²) in [6, 6.07) is 4.99. The van der Waals surface area contributed by atoms with E-state index < -0.39 is 22.0 Å². The summed E-state index contributed by atoms with van der Waals surface area (Å²) in [6.45, 7) is 0.462. The van der Waals surface area contributed by atoms with Crippen molar-refractivity contribution >= 4 is 21.9 Å². The van der Waals surface area contributed by atoms with Crippen LogP contribution < -0.4 is 4.72 Å². The Hall–Kier alpha value is -1.93. The quantitative estimate of drug-likeness (QED) is 0.807. The average Bonchev–Trinajstić information content (AvgIpc) is 3.15. The van der Waals surface area contributed by atoms with Crippen LogP contribution in [0.25, 0.3) is 0 Å². The highest BCUT2D eigenvalue weighted by Gasteiger charge is 2.49. The van der Waals surface area contributed by atoms with E-state index in [0.29, 0.717) is 12.1 Å². The Morgan fingerprint density at radius 2 is 1.77 bits per heavy atom. The number of likely N-dealkylation sites (tertiary alicyclic amines) is 1. The van der Waals surface area contributed by atoms with Crippen LogP contribution >= 0.6 is 0 Å². The van der Waals surface area contributed by atoms with Crippen LogP contribution in [0.2, 0.25) is 0 Å². The highest BCUT2D eigenvalue weighted by molar-refractivity contribution is 7.89. The lowest BCUT2D eigenvalue weighted by molar-refractivity contribution is -0.142. The number of carbonyl (C=O) groups is 2. The lowest BCUT2D eigenvalue weighted by atomic mass is 9.94. The van der Waals surface area contributed by atoms with E-state index in [4.69, 9.17) is 0 Å². The number of carbonyl (C=O) groups excluding carboxylic acids is 1. The van der Waals surface area contributed by atoms with Gasteiger partial charge in [-0.1, -0.05) is 6.42 Å². The number of amides is 1. The maximum Gasteiger partial charge on any atom is 0.326 e. The van der Waals surface area contributed by atoms with Crippen LogP contribution in [0.4, 0.5) is 0 Å². The molecule has 2 saturated carbocycles. The molecular weight excluding hydrogens is 356 g/mol. The molecule has 0 bridgehead atoms. The molecule has 0 spiro atoms. The smallest absolute Gasteiger partial charge is 0.326 e. The molecule has 3 atom stereocenters. The van der Waals surface area contributed by atoms with Crippen molar-refractivity contribution in [2.45, 2.75) is 49.1 Å². The summed E-state index contributed by atoms with van der Waals surface area (Å²) in [5.41, 5.74) is 0.321. The van der Waals surface area contributed by atoms with Crippen LogP contribution in [0.5, 0.6) is 0 Å². The molecule has 140 valence electrons. The first-order valence-corrected chi connectivity index (χ1v) is 10.5. The fourth-order valence-electron chi connectivity index (χ4n) is 4.26. The number of hydrogen-bond acceptors (Lipinski definition) is 4. The topological polar surface area (TPSA) is 104 Å². The summed E-state index contributed by atoms with van der Waals surface area (Å²) in [6.07, 6.45) is 4.52. The molecule has 2 N–H and O–H groups in total. The second-order valence-electron chi connectivity index (χ2n) is 7.52. The highest BCUT2D eigenvalue weighted by atomic mass is 32.2. The van der Waals surface area contributed by atoms with Crippen molar-refractivity contribution < 1.29 is 23.1 Å². The third-order valence-corrected chi connectivity index (χ3v) is 7.25. The summed E-state index contributed by atoms with van der Waals surface area (Å²) in [7, 11) is -3.56. The largest absolute Gasteiger partial charge is 0.480 e. The van der Waals surface area contributed by atoms with E-state index >= 15 is 0 Å². The molecule has 1 aromatic carbocycles. The molecule has 7 nitrogen and oxygen atoms in total. The van der Waals surface area contributed by atoms with Gasteiger partial charge in [-0.25, -0.2) is 17.9 Å². The molecular formula is C18H22N2O5S. The van der Waals surface area contributed by atoms with E-state index in [-0.39, 0.29) is 28.7 Å². The van der Waals surface area contributed by atoms with Gasteiger partial charge in [-0.3, -0.25) is 4.79 Å². The number of carboxylic acid groups (broad SMARTS) is 1. The monoisotopic (exact) mass is 378 g/mol. The average molecular weight is 378 g/mol. The fraction of sp³-hybridized carbons (Fsp3) is 0.556. The van der Waals surface area contributed by atoms with Gasteiger partial charge < -0.3 is 10.0 Å². The second kappa shape index (κ2) is 6.35. The first-order chi connectivity index (χ1) is 12.4. The lowest BCUT2D eigenvalue weighted by Gasteiger charge is -2.24. The Morgan fingerprint density at radius 3 is 2.38 bits per heavy atom. The Morgan fingerprint density at radius 1 is 1.08 bits per heavy atom. The normalized spacial score (nSPS) is 28.2. The molecule has 4 rings (SSSR count). The molecule has 1 aliphatic heterocycles.